The molecule has 2 heterocycles. The standard InChI is InChI=1S/C10H15N5O2S2/c1-13-4-3-5-14(9(13)12-15(16)17)7-8-6-11-10(18-2)19-8/h6H,3-5,7H2,1-2H3/b12-9+. The van der Waals surface area contributed by atoms with Gasteiger partial charge in [0.25, 0.3) is 5.96 Å². The smallest absolute Gasteiger partial charge is 0.274 e. The Morgan fingerprint density at radius 2 is 2.42 bits per heavy atom. The van der Waals surface area contributed by atoms with Gasteiger partial charge < -0.3 is 9.80 Å². The minimum Gasteiger partial charge on any atom is -0.341 e. The number of hydrogen-bond acceptors (Lipinski definition) is 5. The van der Waals surface area contributed by atoms with Crippen molar-refractivity contribution < 1.29 is 5.03 Å². The molecule has 1 aliphatic rings. The number of aromatic nitrogens is 1. The lowest BCUT2D eigenvalue weighted by atomic mass is 10.3. The monoisotopic (exact) mass is 301 g/mol. The first-order valence-corrected chi connectivity index (χ1v) is 7.82. The van der Waals surface area contributed by atoms with Crippen LogP contribution in [0.15, 0.2) is 15.6 Å². The van der Waals surface area contributed by atoms with Gasteiger partial charge >= 0.3 is 0 Å². The van der Waals surface area contributed by atoms with Gasteiger partial charge in [0, 0.05) is 31.2 Å². The van der Waals surface area contributed by atoms with Crippen molar-refractivity contribution in [1.82, 2.24) is 14.8 Å². The Balaban J connectivity index is 2.14. The van der Waals surface area contributed by atoms with Crippen molar-refractivity contribution in [1.29, 1.82) is 0 Å². The molecule has 9 heteroatoms. The van der Waals surface area contributed by atoms with Crippen LogP contribution in [0.25, 0.3) is 0 Å². The van der Waals surface area contributed by atoms with E-state index in [1.807, 2.05) is 29.3 Å². The van der Waals surface area contributed by atoms with Gasteiger partial charge in [-0.3, -0.25) is 0 Å². The quantitative estimate of drug-likeness (QED) is 0.477. The van der Waals surface area contributed by atoms with E-state index in [9.17, 15) is 10.1 Å². The van der Waals surface area contributed by atoms with Gasteiger partial charge in [0.2, 0.25) is 0 Å². The van der Waals surface area contributed by atoms with Crippen LogP contribution in [0, 0.1) is 10.1 Å². The summed E-state index contributed by atoms with van der Waals surface area (Å²) >= 11 is 3.22. The Morgan fingerprint density at radius 3 is 3.05 bits per heavy atom. The van der Waals surface area contributed by atoms with Crippen molar-refractivity contribution in [2.24, 2.45) is 5.10 Å². The second-order valence-corrected chi connectivity index (χ2v) is 6.30. The molecule has 0 atom stereocenters. The van der Waals surface area contributed by atoms with E-state index in [1.54, 1.807) is 23.1 Å². The molecule has 0 radical (unpaired) electrons. The van der Waals surface area contributed by atoms with Gasteiger partial charge in [-0.2, -0.15) is 0 Å². The average molecular weight is 301 g/mol. The summed E-state index contributed by atoms with van der Waals surface area (Å²) in [5.41, 5.74) is 0. The lowest BCUT2D eigenvalue weighted by Gasteiger charge is -2.34. The van der Waals surface area contributed by atoms with Crippen LogP contribution in [-0.2, 0) is 6.54 Å². The van der Waals surface area contributed by atoms with E-state index in [0.29, 0.717) is 12.5 Å². The van der Waals surface area contributed by atoms with Gasteiger partial charge in [-0.1, -0.05) is 11.8 Å². The molecule has 7 nitrogen and oxygen atoms in total. The van der Waals surface area contributed by atoms with Gasteiger partial charge in [0.15, 0.2) is 5.03 Å². The molecule has 0 bridgehead atoms. The number of nitrogens with zero attached hydrogens (tertiary/aromatic N) is 5. The Labute approximate surface area is 119 Å². The van der Waals surface area contributed by atoms with Crippen molar-refractivity contribution in [2.75, 3.05) is 26.4 Å². The van der Waals surface area contributed by atoms with Crippen LogP contribution in [0.4, 0.5) is 0 Å². The third kappa shape index (κ3) is 3.57. The SMILES string of the molecule is CSc1ncc(CN2CCCN(C)/C2=N\[N+](=O)[O-])s1. The van der Waals surface area contributed by atoms with E-state index in [4.69, 9.17) is 0 Å². The van der Waals surface area contributed by atoms with E-state index in [2.05, 4.69) is 10.1 Å². The number of hydrazone groups is 1. The molecule has 0 aromatic carbocycles. The molecule has 0 spiro atoms. The predicted octanol–water partition coefficient (Wildman–Crippen LogP) is 1.55. The summed E-state index contributed by atoms with van der Waals surface area (Å²) in [5, 5.41) is 13.5. The molecule has 0 amide bonds. The van der Waals surface area contributed by atoms with Gasteiger partial charge in [-0.05, 0) is 12.7 Å². The summed E-state index contributed by atoms with van der Waals surface area (Å²) in [6.07, 6.45) is 4.78. The highest BCUT2D eigenvalue weighted by Crippen LogP contribution is 2.23. The van der Waals surface area contributed by atoms with Crippen molar-refractivity contribution in [2.45, 2.75) is 17.3 Å². The molecule has 2 rings (SSSR count). The van der Waals surface area contributed by atoms with E-state index in [-0.39, 0.29) is 0 Å². The summed E-state index contributed by atoms with van der Waals surface area (Å²) in [7, 11) is 1.83. The van der Waals surface area contributed by atoms with Gasteiger partial charge in [-0.15, -0.1) is 11.3 Å². The van der Waals surface area contributed by atoms with Crippen LogP contribution in [0.1, 0.15) is 11.3 Å². The maximum Gasteiger partial charge on any atom is 0.274 e. The number of guanidine groups is 1. The topological polar surface area (TPSA) is 74.9 Å². The fraction of sp³-hybridized carbons (Fsp3) is 0.600. The highest BCUT2D eigenvalue weighted by atomic mass is 32.2. The molecule has 0 saturated carbocycles. The van der Waals surface area contributed by atoms with Crippen LogP contribution in [-0.4, -0.2) is 52.2 Å². The molecular formula is C10H15N5O2S2. The van der Waals surface area contributed by atoms with E-state index in [0.717, 1.165) is 28.7 Å². The third-order valence-electron chi connectivity index (χ3n) is 2.77. The van der Waals surface area contributed by atoms with E-state index in [1.165, 1.54) is 0 Å². The minimum atomic E-state index is -0.635. The van der Waals surface area contributed by atoms with E-state index >= 15 is 0 Å². The molecule has 1 fully saturated rings. The summed E-state index contributed by atoms with van der Waals surface area (Å²) in [6.45, 7) is 2.20. The predicted molar refractivity (Wildman–Crippen MR) is 76.0 cm³/mol. The fourth-order valence-electron chi connectivity index (χ4n) is 1.95. The van der Waals surface area contributed by atoms with Crippen LogP contribution in [0.2, 0.25) is 0 Å². The Morgan fingerprint density at radius 1 is 1.63 bits per heavy atom. The van der Waals surface area contributed by atoms with Crippen molar-refractivity contribution in [3.63, 3.8) is 0 Å². The van der Waals surface area contributed by atoms with Crippen LogP contribution >= 0.6 is 23.1 Å². The van der Waals surface area contributed by atoms with E-state index < -0.39 is 5.03 Å². The second kappa shape index (κ2) is 6.20. The molecule has 1 saturated heterocycles. The maximum atomic E-state index is 10.6. The fourth-order valence-corrected chi connectivity index (χ4v) is 3.42. The largest absolute Gasteiger partial charge is 0.341 e. The summed E-state index contributed by atoms with van der Waals surface area (Å²) in [6, 6.07) is 0. The molecule has 104 valence electrons. The summed E-state index contributed by atoms with van der Waals surface area (Å²) in [4.78, 5) is 19.7. The normalized spacial score (nSPS) is 18.1. The second-order valence-electron chi connectivity index (χ2n) is 4.13. The van der Waals surface area contributed by atoms with Crippen molar-refractivity contribution in [3.05, 3.63) is 21.2 Å². The summed E-state index contributed by atoms with van der Waals surface area (Å²) in [5.74, 6) is 0.426. The molecular weight excluding hydrogens is 286 g/mol. The zero-order chi connectivity index (χ0) is 13.8. The third-order valence-corrected chi connectivity index (χ3v) is 4.75. The van der Waals surface area contributed by atoms with Crippen molar-refractivity contribution in [3.8, 4) is 0 Å². The Kier molecular flexibility index (Phi) is 4.59. The number of thiazole rings is 1. The molecule has 0 N–H and O–H groups in total. The molecule has 1 aromatic rings. The molecule has 19 heavy (non-hydrogen) atoms. The molecule has 1 aromatic heterocycles. The highest BCUT2D eigenvalue weighted by Gasteiger charge is 2.24. The van der Waals surface area contributed by atoms with Crippen LogP contribution in [0.3, 0.4) is 0 Å². The molecule has 0 aliphatic carbocycles. The lowest BCUT2D eigenvalue weighted by molar-refractivity contribution is -0.486. The number of nitro groups is 1. The highest BCUT2D eigenvalue weighted by molar-refractivity contribution is 8.00. The van der Waals surface area contributed by atoms with Crippen LogP contribution < -0.4 is 0 Å². The zero-order valence-electron chi connectivity index (χ0n) is 10.8. The minimum absolute atomic E-state index is 0.426. The number of thioether (sulfide) groups is 1. The molecule has 0 unspecified atom stereocenters. The summed E-state index contributed by atoms with van der Waals surface area (Å²) < 4.78 is 1.01. The van der Waals surface area contributed by atoms with Gasteiger partial charge in [-0.25, -0.2) is 15.1 Å². The zero-order valence-corrected chi connectivity index (χ0v) is 12.4. The van der Waals surface area contributed by atoms with Gasteiger partial charge in [0.05, 0.1) is 6.54 Å². The lowest BCUT2D eigenvalue weighted by Crippen LogP contribution is -2.48. The Hall–Kier alpha value is -1.35. The molecule has 1 aliphatic heterocycles. The Bertz CT molecular complexity index is 490. The van der Waals surface area contributed by atoms with Crippen molar-refractivity contribution >= 4 is 29.1 Å². The first-order valence-electron chi connectivity index (χ1n) is 5.78. The first kappa shape index (κ1) is 14.1. The van der Waals surface area contributed by atoms with Gasteiger partial charge in [0.1, 0.15) is 9.44 Å². The average Bonchev–Trinajstić information content (AvgIpc) is 2.81. The maximum absolute atomic E-state index is 10.6. The number of hydrogen-bond donors (Lipinski definition) is 0. The number of rotatable bonds is 4. The first-order chi connectivity index (χ1) is 9.10. The van der Waals surface area contributed by atoms with Crippen LogP contribution in [0.5, 0.6) is 0 Å².